The Hall–Kier alpha value is -1.01. The lowest BCUT2D eigenvalue weighted by atomic mass is 9.93. The molecule has 0 aromatic carbocycles. The third-order valence-corrected chi connectivity index (χ3v) is 3.07. The molecule has 0 spiro atoms. The minimum atomic E-state index is -0.0657. The molecule has 0 aliphatic heterocycles. The number of carbonyl (C=O) groups excluding carboxylic acids is 1. The lowest BCUT2D eigenvalue weighted by Gasteiger charge is -2.30. The van der Waals surface area contributed by atoms with Gasteiger partial charge in [-0.1, -0.05) is 18.3 Å². The van der Waals surface area contributed by atoms with Gasteiger partial charge in [0.05, 0.1) is 6.20 Å². The van der Waals surface area contributed by atoms with Crippen molar-refractivity contribution < 1.29 is 4.79 Å². The third kappa shape index (κ3) is 3.24. The highest BCUT2D eigenvalue weighted by molar-refractivity contribution is 7.07. The number of hydrogen-bond acceptors (Lipinski definition) is 5. The van der Waals surface area contributed by atoms with Crippen LogP contribution in [-0.2, 0) is 0 Å². The highest BCUT2D eigenvalue weighted by atomic mass is 32.1. The first-order chi connectivity index (χ1) is 7.50. The second kappa shape index (κ2) is 5.36. The predicted molar refractivity (Wildman–Crippen MR) is 64.3 cm³/mol. The van der Waals surface area contributed by atoms with Crippen molar-refractivity contribution in [1.82, 2.24) is 14.5 Å². The number of amides is 1. The number of carbonyl (C=O) groups is 1. The van der Waals surface area contributed by atoms with Gasteiger partial charge in [-0.15, -0.1) is 5.10 Å². The van der Waals surface area contributed by atoms with E-state index in [1.807, 2.05) is 20.8 Å². The molecule has 0 atom stereocenters. The summed E-state index contributed by atoms with van der Waals surface area (Å²) in [6.45, 7) is 7.93. The molecular weight excluding hydrogens is 224 g/mol. The number of aromatic nitrogens is 2. The van der Waals surface area contributed by atoms with Crippen LogP contribution >= 0.6 is 11.5 Å². The van der Waals surface area contributed by atoms with Gasteiger partial charge >= 0.3 is 0 Å². The minimum Gasteiger partial charge on any atom is -0.338 e. The number of nitrogens with two attached hydrogens (primary N) is 1. The summed E-state index contributed by atoms with van der Waals surface area (Å²) < 4.78 is 3.70. The predicted octanol–water partition coefficient (Wildman–Crippen LogP) is 0.985. The molecule has 5 nitrogen and oxygen atoms in total. The Bertz CT molecular complexity index is 337. The molecule has 1 amide bonds. The van der Waals surface area contributed by atoms with Crippen molar-refractivity contribution in [1.29, 1.82) is 0 Å². The van der Waals surface area contributed by atoms with Gasteiger partial charge in [0, 0.05) is 13.1 Å². The first-order valence-corrected chi connectivity index (χ1v) is 6.04. The lowest BCUT2D eigenvalue weighted by Crippen LogP contribution is -2.41. The van der Waals surface area contributed by atoms with E-state index in [9.17, 15) is 4.79 Å². The molecule has 2 N–H and O–H groups in total. The summed E-state index contributed by atoms with van der Waals surface area (Å²) >= 11 is 1.12. The van der Waals surface area contributed by atoms with Gasteiger partial charge in [-0.3, -0.25) is 4.79 Å². The van der Waals surface area contributed by atoms with Crippen LogP contribution in [-0.4, -0.2) is 40.0 Å². The van der Waals surface area contributed by atoms with E-state index in [4.69, 9.17) is 5.73 Å². The first kappa shape index (κ1) is 13.1. The zero-order valence-electron chi connectivity index (χ0n) is 9.93. The highest BCUT2D eigenvalue weighted by Crippen LogP contribution is 2.17. The van der Waals surface area contributed by atoms with Gasteiger partial charge < -0.3 is 10.6 Å². The fourth-order valence-corrected chi connectivity index (χ4v) is 1.81. The molecule has 6 heteroatoms. The normalized spacial score (nSPS) is 11.5. The second-order valence-electron chi connectivity index (χ2n) is 4.47. The summed E-state index contributed by atoms with van der Waals surface area (Å²) in [5.74, 6) is -0.0148. The van der Waals surface area contributed by atoms with Crippen molar-refractivity contribution >= 4 is 17.4 Å². The summed E-state index contributed by atoms with van der Waals surface area (Å²) in [7, 11) is 0. The molecule has 90 valence electrons. The molecule has 0 saturated heterocycles. The summed E-state index contributed by atoms with van der Waals surface area (Å²) in [5.41, 5.74) is 5.60. The molecule has 0 aliphatic carbocycles. The van der Waals surface area contributed by atoms with Gasteiger partial charge in [0.25, 0.3) is 5.91 Å². The van der Waals surface area contributed by atoms with Crippen LogP contribution in [0.1, 0.15) is 30.4 Å². The Balaban J connectivity index is 2.72. The van der Waals surface area contributed by atoms with Crippen LogP contribution in [0.25, 0.3) is 0 Å². The van der Waals surface area contributed by atoms with Crippen LogP contribution in [0.2, 0.25) is 0 Å². The van der Waals surface area contributed by atoms with Crippen molar-refractivity contribution in [2.45, 2.75) is 20.8 Å². The van der Waals surface area contributed by atoms with Gasteiger partial charge in [-0.2, -0.15) is 0 Å². The third-order valence-electron chi connectivity index (χ3n) is 2.41. The monoisotopic (exact) mass is 242 g/mol. The van der Waals surface area contributed by atoms with E-state index in [0.29, 0.717) is 24.5 Å². The quantitative estimate of drug-likeness (QED) is 0.835. The molecule has 0 fully saturated rings. The van der Waals surface area contributed by atoms with E-state index >= 15 is 0 Å². The number of hydrogen-bond donors (Lipinski definition) is 1. The van der Waals surface area contributed by atoms with E-state index < -0.39 is 0 Å². The number of nitrogens with zero attached hydrogens (tertiary/aromatic N) is 3. The van der Waals surface area contributed by atoms with E-state index in [0.717, 1.165) is 11.5 Å². The Morgan fingerprint density at radius 2 is 2.31 bits per heavy atom. The molecule has 1 rings (SSSR count). The van der Waals surface area contributed by atoms with Crippen molar-refractivity contribution in [2.24, 2.45) is 11.1 Å². The largest absolute Gasteiger partial charge is 0.338 e. The molecule has 1 aromatic rings. The van der Waals surface area contributed by atoms with Crippen LogP contribution < -0.4 is 5.73 Å². The van der Waals surface area contributed by atoms with Gasteiger partial charge in [0.1, 0.15) is 4.88 Å². The van der Waals surface area contributed by atoms with Crippen LogP contribution in [0, 0.1) is 5.41 Å². The first-order valence-electron chi connectivity index (χ1n) is 5.27. The second-order valence-corrected chi connectivity index (χ2v) is 5.26. The average Bonchev–Trinajstić information content (AvgIpc) is 2.78. The molecule has 0 aliphatic rings. The summed E-state index contributed by atoms with van der Waals surface area (Å²) in [4.78, 5) is 14.4. The van der Waals surface area contributed by atoms with Crippen molar-refractivity contribution in [2.75, 3.05) is 19.6 Å². The Kier molecular flexibility index (Phi) is 4.37. The molecule has 0 radical (unpaired) electrons. The smallest absolute Gasteiger partial charge is 0.267 e. The van der Waals surface area contributed by atoms with E-state index in [1.165, 1.54) is 6.20 Å². The number of rotatable bonds is 5. The Morgan fingerprint density at radius 1 is 1.62 bits per heavy atom. The van der Waals surface area contributed by atoms with Gasteiger partial charge in [0.2, 0.25) is 0 Å². The van der Waals surface area contributed by atoms with E-state index in [-0.39, 0.29) is 11.3 Å². The van der Waals surface area contributed by atoms with Crippen LogP contribution in [0.5, 0.6) is 0 Å². The Labute approximate surface area is 99.8 Å². The van der Waals surface area contributed by atoms with Crippen LogP contribution in [0.4, 0.5) is 0 Å². The van der Waals surface area contributed by atoms with Gasteiger partial charge in [-0.25, -0.2) is 0 Å². The molecule has 16 heavy (non-hydrogen) atoms. The van der Waals surface area contributed by atoms with E-state index in [1.54, 1.807) is 4.90 Å². The van der Waals surface area contributed by atoms with Crippen molar-refractivity contribution in [3.63, 3.8) is 0 Å². The fourth-order valence-electron chi connectivity index (χ4n) is 1.33. The molecule has 1 aromatic heterocycles. The molecule has 0 unspecified atom stereocenters. The lowest BCUT2D eigenvalue weighted by molar-refractivity contribution is 0.0705. The maximum atomic E-state index is 12.0. The minimum absolute atomic E-state index is 0.0148. The van der Waals surface area contributed by atoms with Gasteiger partial charge in [-0.05, 0) is 30.4 Å². The van der Waals surface area contributed by atoms with Crippen LogP contribution in [0.3, 0.4) is 0 Å². The topological polar surface area (TPSA) is 72.1 Å². The average molecular weight is 242 g/mol. The van der Waals surface area contributed by atoms with E-state index in [2.05, 4.69) is 9.59 Å². The van der Waals surface area contributed by atoms with Crippen molar-refractivity contribution in [3.8, 4) is 0 Å². The SMILES string of the molecule is CCN(CC(C)(C)CN)C(=O)c1cnns1. The fraction of sp³-hybridized carbons (Fsp3) is 0.700. The highest BCUT2D eigenvalue weighted by Gasteiger charge is 2.24. The summed E-state index contributed by atoms with van der Waals surface area (Å²) in [6.07, 6.45) is 1.51. The summed E-state index contributed by atoms with van der Waals surface area (Å²) in [6, 6.07) is 0. The molecule has 0 bridgehead atoms. The molecular formula is C10H18N4OS. The standard InChI is InChI=1S/C10H18N4OS/c1-4-14(7-10(2,3)6-11)9(15)8-5-12-13-16-8/h5H,4,6-7,11H2,1-3H3. The molecule has 1 heterocycles. The maximum Gasteiger partial charge on any atom is 0.267 e. The van der Waals surface area contributed by atoms with Crippen LogP contribution in [0.15, 0.2) is 6.20 Å². The summed E-state index contributed by atoms with van der Waals surface area (Å²) in [5, 5.41) is 3.67. The van der Waals surface area contributed by atoms with Crippen molar-refractivity contribution in [3.05, 3.63) is 11.1 Å². The zero-order valence-corrected chi connectivity index (χ0v) is 10.8. The zero-order chi connectivity index (χ0) is 12.2. The molecule has 0 saturated carbocycles. The Morgan fingerprint density at radius 3 is 2.75 bits per heavy atom. The maximum absolute atomic E-state index is 12.0. The van der Waals surface area contributed by atoms with Gasteiger partial charge in [0.15, 0.2) is 0 Å².